The quantitative estimate of drug-likeness (QED) is 0.244. The fraction of sp³-hybridized carbons (Fsp3) is 0.450. The predicted octanol–water partition coefficient (Wildman–Crippen LogP) is 5.17. The molecule has 0 aliphatic carbocycles. The third-order valence-corrected chi connectivity index (χ3v) is 3.26. The molecule has 0 bridgehead atoms. The first-order valence-electron chi connectivity index (χ1n) is 8.49. The smallest absolute Gasteiger partial charge is 0.330 e. The summed E-state index contributed by atoms with van der Waals surface area (Å²) in [5.74, 6) is 0.547. The molecular weight excluding hydrogens is 288 g/mol. The average Bonchev–Trinajstić information content (AvgIpc) is 2.57. The van der Waals surface area contributed by atoms with Gasteiger partial charge in [-0.2, -0.15) is 0 Å². The van der Waals surface area contributed by atoms with Gasteiger partial charge in [0.05, 0.1) is 13.2 Å². The van der Waals surface area contributed by atoms with E-state index in [1.165, 1.54) is 18.9 Å². The van der Waals surface area contributed by atoms with Gasteiger partial charge in [-0.1, -0.05) is 31.2 Å². The second-order valence-electron chi connectivity index (χ2n) is 5.23. The van der Waals surface area contributed by atoms with Crippen LogP contribution in [0.4, 0.5) is 0 Å². The van der Waals surface area contributed by atoms with Crippen molar-refractivity contribution in [1.29, 1.82) is 0 Å². The molecule has 0 atom stereocenters. The summed E-state index contributed by atoms with van der Waals surface area (Å²) in [6.07, 6.45) is 13.4. The van der Waals surface area contributed by atoms with Gasteiger partial charge < -0.3 is 9.47 Å². The Bertz CT molecular complexity index is 486. The van der Waals surface area contributed by atoms with Crippen molar-refractivity contribution >= 4 is 12.0 Å². The van der Waals surface area contributed by atoms with Crippen LogP contribution in [-0.2, 0) is 9.53 Å². The molecule has 0 aliphatic rings. The Morgan fingerprint density at radius 1 is 1.04 bits per heavy atom. The molecular formula is C20H28O3. The Balaban J connectivity index is 2.21. The Morgan fingerprint density at radius 2 is 1.83 bits per heavy atom. The van der Waals surface area contributed by atoms with Gasteiger partial charge in [-0.05, 0) is 62.8 Å². The van der Waals surface area contributed by atoms with E-state index in [1.807, 2.05) is 24.3 Å². The van der Waals surface area contributed by atoms with Crippen molar-refractivity contribution in [2.45, 2.75) is 46.0 Å². The SMILES string of the molecule is CCC=CCCCCCOc1ccc(C=CC(=O)OCC)cc1. The van der Waals surface area contributed by atoms with Gasteiger partial charge >= 0.3 is 5.97 Å². The average molecular weight is 316 g/mol. The highest BCUT2D eigenvalue weighted by Gasteiger charge is 1.96. The highest BCUT2D eigenvalue weighted by Crippen LogP contribution is 2.14. The summed E-state index contributed by atoms with van der Waals surface area (Å²) in [6.45, 7) is 5.09. The molecule has 0 amide bonds. The molecule has 1 aromatic rings. The Kier molecular flexibility index (Phi) is 10.3. The lowest BCUT2D eigenvalue weighted by atomic mass is 10.2. The highest BCUT2D eigenvalue weighted by atomic mass is 16.5. The van der Waals surface area contributed by atoms with Crippen molar-refractivity contribution in [3.8, 4) is 5.75 Å². The maximum Gasteiger partial charge on any atom is 0.330 e. The molecule has 23 heavy (non-hydrogen) atoms. The number of benzene rings is 1. The fourth-order valence-corrected chi connectivity index (χ4v) is 2.05. The molecule has 0 fully saturated rings. The van der Waals surface area contributed by atoms with Crippen LogP contribution in [0.3, 0.4) is 0 Å². The number of ether oxygens (including phenoxy) is 2. The van der Waals surface area contributed by atoms with Gasteiger partial charge in [-0.25, -0.2) is 4.79 Å². The van der Waals surface area contributed by atoms with Crippen LogP contribution in [0.2, 0.25) is 0 Å². The fourth-order valence-electron chi connectivity index (χ4n) is 2.05. The molecule has 0 radical (unpaired) electrons. The van der Waals surface area contributed by atoms with Gasteiger partial charge in [0.1, 0.15) is 5.75 Å². The minimum absolute atomic E-state index is 0.318. The molecule has 1 aromatic carbocycles. The van der Waals surface area contributed by atoms with E-state index in [2.05, 4.69) is 19.1 Å². The van der Waals surface area contributed by atoms with Crippen LogP contribution >= 0.6 is 0 Å². The number of allylic oxidation sites excluding steroid dienone is 2. The molecule has 1 rings (SSSR count). The third kappa shape index (κ3) is 9.56. The minimum atomic E-state index is -0.318. The van der Waals surface area contributed by atoms with Crippen LogP contribution in [0.15, 0.2) is 42.5 Å². The largest absolute Gasteiger partial charge is 0.494 e. The van der Waals surface area contributed by atoms with E-state index in [0.717, 1.165) is 37.2 Å². The predicted molar refractivity (Wildman–Crippen MR) is 95.5 cm³/mol. The Labute approximate surface area is 140 Å². The van der Waals surface area contributed by atoms with Gasteiger partial charge in [-0.3, -0.25) is 0 Å². The van der Waals surface area contributed by atoms with Crippen LogP contribution < -0.4 is 4.74 Å². The first-order valence-corrected chi connectivity index (χ1v) is 8.49. The van der Waals surface area contributed by atoms with Crippen molar-refractivity contribution in [3.05, 3.63) is 48.1 Å². The monoisotopic (exact) mass is 316 g/mol. The number of rotatable bonds is 11. The molecule has 0 saturated carbocycles. The maximum absolute atomic E-state index is 11.2. The lowest BCUT2D eigenvalue weighted by Gasteiger charge is -2.06. The first kappa shape index (κ1) is 19.0. The zero-order valence-electron chi connectivity index (χ0n) is 14.3. The van der Waals surface area contributed by atoms with Crippen molar-refractivity contribution < 1.29 is 14.3 Å². The summed E-state index contributed by atoms with van der Waals surface area (Å²) in [7, 11) is 0. The van der Waals surface area contributed by atoms with Crippen molar-refractivity contribution in [2.75, 3.05) is 13.2 Å². The third-order valence-electron chi connectivity index (χ3n) is 3.26. The van der Waals surface area contributed by atoms with E-state index < -0.39 is 0 Å². The summed E-state index contributed by atoms with van der Waals surface area (Å²) in [5.41, 5.74) is 0.952. The Hall–Kier alpha value is -2.03. The van der Waals surface area contributed by atoms with Crippen molar-refractivity contribution in [2.24, 2.45) is 0 Å². The summed E-state index contributed by atoms with van der Waals surface area (Å²) in [6, 6.07) is 7.71. The van der Waals surface area contributed by atoms with Gasteiger partial charge in [0.15, 0.2) is 0 Å². The lowest BCUT2D eigenvalue weighted by molar-refractivity contribution is -0.137. The van der Waals surface area contributed by atoms with Crippen LogP contribution in [-0.4, -0.2) is 19.2 Å². The minimum Gasteiger partial charge on any atom is -0.494 e. The molecule has 3 heteroatoms. The molecule has 0 saturated heterocycles. The van der Waals surface area contributed by atoms with E-state index in [4.69, 9.17) is 9.47 Å². The van der Waals surface area contributed by atoms with Gasteiger partial charge in [0, 0.05) is 6.08 Å². The summed E-state index contributed by atoms with van der Waals surface area (Å²) in [5, 5.41) is 0. The van der Waals surface area contributed by atoms with E-state index >= 15 is 0 Å². The standard InChI is InChI=1S/C20H28O3/c1-3-5-6-7-8-9-10-17-23-19-14-11-18(12-15-19)13-16-20(21)22-4-2/h5-6,11-16H,3-4,7-10,17H2,1-2H3. The second kappa shape index (κ2) is 12.5. The molecule has 0 heterocycles. The van der Waals surface area contributed by atoms with Crippen LogP contribution in [0.1, 0.15) is 51.5 Å². The number of carbonyl (C=O) groups is 1. The topological polar surface area (TPSA) is 35.5 Å². The summed E-state index contributed by atoms with van der Waals surface area (Å²) in [4.78, 5) is 11.2. The molecule has 0 spiro atoms. The molecule has 3 nitrogen and oxygen atoms in total. The zero-order valence-corrected chi connectivity index (χ0v) is 14.3. The van der Waals surface area contributed by atoms with Crippen LogP contribution in [0, 0.1) is 0 Å². The molecule has 0 aliphatic heterocycles. The summed E-state index contributed by atoms with van der Waals surface area (Å²) < 4.78 is 10.6. The van der Waals surface area contributed by atoms with Crippen LogP contribution in [0.5, 0.6) is 5.75 Å². The first-order chi connectivity index (χ1) is 11.3. The Morgan fingerprint density at radius 3 is 2.52 bits per heavy atom. The van der Waals surface area contributed by atoms with Crippen molar-refractivity contribution in [1.82, 2.24) is 0 Å². The number of carbonyl (C=O) groups excluding carboxylic acids is 1. The summed E-state index contributed by atoms with van der Waals surface area (Å²) >= 11 is 0. The van der Waals surface area contributed by atoms with E-state index in [9.17, 15) is 4.79 Å². The van der Waals surface area contributed by atoms with Gasteiger partial charge in [0.2, 0.25) is 0 Å². The van der Waals surface area contributed by atoms with E-state index in [-0.39, 0.29) is 5.97 Å². The van der Waals surface area contributed by atoms with Crippen LogP contribution in [0.25, 0.3) is 6.08 Å². The number of unbranched alkanes of at least 4 members (excludes halogenated alkanes) is 3. The molecule has 0 N–H and O–H groups in total. The van der Waals surface area contributed by atoms with Gasteiger partial charge in [-0.15, -0.1) is 0 Å². The zero-order chi connectivity index (χ0) is 16.8. The second-order valence-corrected chi connectivity index (χ2v) is 5.23. The highest BCUT2D eigenvalue weighted by molar-refractivity contribution is 5.87. The lowest BCUT2D eigenvalue weighted by Crippen LogP contribution is -1.98. The molecule has 0 unspecified atom stereocenters. The maximum atomic E-state index is 11.2. The molecule has 0 aromatic heterocycles. The number of hydrogen-bond donors (Lipinski definition) is 0. The van der Waals surface area contributed by atoms with Gasteiger partial charge in [0.25, 0.3) is 0 Å². The molecule has 126 valence electrons. The van der Waals surface area contributed by atoms with Crippen molar-refractivity contribution in [3.63, 3.8) is 0 Å². The number of esters is 1. The van der Waals surface area contributed by atoms with E-state index in [0.29, 0.717) is 6.61 Å². The number of hydrogen-bond acceptors (Lipinski definition) is 3. The van der Waals surface area contributed by atoms with E-state index in [1.54, 1.807) is 13.0 Å². The normalized spacial score (nSPS) is 11.2.